The van der Waals surface area contributed by atoms with Gasteiger partial charge in [0.1, 0.15) is 0 Å². The summed E-state index contributed by atoms with van der Waals surface area (Å²) in [5.74, 6) is 1.73. The zero-order valence-corrected chi connectivity index (χ0v) is 12.8. The highest BCUT2D eigenvalue weighted by Gasteiger charge is 2.24. The molecule has 0 bridgehead atoms. The van der Waals surface area contributed by atoms with Crippen LogP contribution in [0, 0.1) is 0 Å². The molecule has 0 fully saturated rings. The summed E-state index contributed by atoms with van der Waals surface area (Å²) >= 11 is 0. The number of benzene rings is 1. The Bertz CT molecular complexity index is 681. The fraction of sp³-hybridized carbons (Fsp3) is 0.471. The van der Waals surface area contributed by atoms with Crippen molar-refractivity contribution in [3.63, 3.8) is 0 Å². The number of aryl methyl sites for hydroxylation is 1. The molecule has 0 amide bonds. The molecular weight excluding hydrogens is 278 g/mol. The minimum Gasteiger partial charge on any atom is -0.454 e. The predicted molar refractivity (Wildman–Crippen MR) is 83.0 cm³/mol. The number of nitrogens with one attached hydrogen (secondary N) is 1. The molecule has 2 heterocycles. The van der Waals surface area contributed by atoms with E-state index in [1.165, 1.54) is 17.7 Å². The van der Waals surface area contributed by atoms with Gasteiger partial charge in [-0.15, -0.1) is 0 Å². The quantitative estimate of drug-likeness (QED) is 0.943. The van der Waals surface area contributed by atoms with Crippen LogP contribution in [0.4, 0.5) is 0 Å². The summed E-state index contributed by atoms with van der Waals surface area (Å²) in [6, 6.07) is 6.45. The molecule has 116 valence electrons. The third kappa shape index (κ3) is 2.25. The third-order valence-electron chi connectivity index (χ3n) is 4.58. The average Bonchev–Trinajstić information content (AvgIpc) is 3.19. The molecule has 22 heavy (non-hydrogen) atoms. The second-order valence-electron chi connectivity index (χ2n) is 5.84. The average molecular weight is 299 g/mol. The Kier molecular flexibility index (Phi) is 3.50. The lowest BCUT2D eigenvalue weighted by Gasteiger charge is -2.24. The van der Waals surface area contributed by atoms with Gasteiger partial charge in [-0.25, -0.2) is 0 Å². The molecule has 4 rings (SSSR count). The fourth-order valence-electron chi connectivity index (χ4n) is 3.47. The van der Waals surface area contributed by atoms with Crippen molar-refractivity contribution in [3.8, 4) is 11.5 Å². The van der Waals surface area contributed by atoms with Crippen LogP contribution in [-0.4, -0.2) is 16.6 Å². The maximum absolute atomic E-state index is 5.58. The molecule has 5 heteroatoms. The number of rotatable bonds is 4. The number of nitrogens with zero attached hydrogens (tertiary/aromatic N) is 2. The second kappa shape index (κ2) is 5.65. The van der Waals surface area contributed by atoms with Gasteiger partial charge in [0.25, 0.3) is 0 Å². The van der Waals surface area contributed by atoms with Gasteiger partial charge in [0.15, 0.2) is 11.5 Å². The van der Waals surface area contributed by atoms with Crippen LogP contribution in [0.15, 0.2) is 24.4 Å². The normalized spacial score (nSPS) is 19.2. The first kappa shape index (κ1) is 13.6. The summed E-state index contributed by atoms with van der Waals surface area (Å²) in [4.78, 5) is 0. The summed E-state index contributed by atoms with van der Waals surface area (Å²) in [6.45, 7) is 4.20. The first-order chi connectivity index (χ1) is 10.9. The summed E-state index contributed by atoms with van der Waals surface area (Å²) in [6.07, 6.45) is 5.54. The highest BCUT2D eigenvalue weighted by atomic mass is 16.7. The number of para-hydroxylation sites is 1. The molecule has 1 aliphatic carbocycles. The summed E-state index contributed by atoms with van der Waals surface area (Å²) in [5, 5.41) is 8.18. The van der Waals surface area contributed by atoms with Crippen LogP contribution in [-0.2, 0) is 19.5 Å². The number of hydrogen-bond donors (Lipinski definition) is 1. The van der Waals surface area contributed by atoms with Crippen molar-refractivity contribution < 1.29 is 9.47 Å². The molecule has 1 aromatic heterocycles. The van der Waals surface area contributed by atoms with Crippen molar-refractivity contribution in [1.29, 1.82) is 0 Å². The first-order valence-corrected chi connectivity index (χ1v) is 8.02. The van der Waals surface area contributed by atoms with E-state index in [2.05, 4.69) is 28.1 Å². The maximum atomic E-state index is 5.58. The third-order valence-corrected chi connectivity index (χ3v) is 4.58. The van der Waals surface area contributed by atoms with Gasteiger partial charge in [0.05, 0.1) is 6.20 Å². The van der Waals surface area contributed by atoms with E-state index >= 15 is 0 Å². The van der Waals surface area contributed by atoms with Crippen molar-refractivity contribution in [2.75, 3.05) is 6.79 Å². The molecule has 2 aromatic rings. The highest BCUT2D eigenvalue weighted by molar-refractivity contribution is 5.48. The van der Waals surface area contributed by atoms with Crippen LogP contribution in [0.2, 0.25) is 0 Å². The molecule has 0 radical (unpaired) electrons. The first-order valence-electron chi connectivity index (χ1n) is 8.02. The lowest BCUT2D eigenvalue weighted by Crippen LogP contribution is -2.25. The van der Waals surface area contributed by atoms with Gasteiger partial charge in [-0.3, -0.25) is 4.68 Å². The number of aromatic nitrogens is 2. The van der Waals surface area contributed by atoms with E-state index in [1.807, 2.05) is 18.3 Å². The lowest BCUT2D eigenvalue weighted by atomic mass is 9.92. The van der Waals surface area contributed by atoms with E-state index < -0.39 is 0 Å². The number of ether oxygens (including phenoxy) is 2. The second-order valence-corrected chi connectivity index (χ2v) is 5.84. The predicted octanol–water partition coefficient (Wildman–Crippen LogP) is 2.80. The molecule has 1 aromatic carbocycles. The summed E-state index contributed by atoms with van der Waals surface area (Å²) < 4.78 is 13.1. The van der Waals surface area contributed by atoms with Crippen molar-refractivity contribution in [3.05, 3.63) is 41.2 Å². The van der Waals surface area contributed by atoms with E-state index in [9.17, 15) is 0 Å². The molecule has 0 saturated carbocycles. The standard InChI is InChI=1S/C17H21N3O2/c1-2-20-15-7-4-6-14(13(15)10-19-20)18-9-12-5-3-8-16-17(12)22-11-21-16/h3,5,8,10,14,18H,2,4,6-7,9,11H2,1H3/t14-/m0/s1. The van der Waals surface area contributed by atoms with Gasteiger partial charge >= 0.3 is 0 Å². The van der Waals surface area contributed by atoms with Crippen molar-refractivity contribution in [1.82, 2.24) is 15.1 Å². The molecule has 0 unspecified atom stereocenters. The Balaban J connectivity index is 1.52. The van der Waals surface area contributed by atoms with Crippen molar-refractivity contribution >= 4 is 0 Å². The van der Waals surface area contributed by atoms with E-state index in [0.29, 0.717) is 12.8 Å². The molecular formula is C17H21N3O2. The van der Waals surface area contributed by atoms with Crippen LogP contribution in [0.1, 0.15) is 42.6 Å². The molecule has 0 spiro atoms. The van der Waals surface area contributed by atoms with Crippen LogP contribution >= 0.6 is 0 Å². The van der Waals surface area contributed by atoms with Gasteiger partial charge in [-0.1, -0.05) is 12.1 Å². The van der Waals surface area contributed by atoms with Gasteiger partial charge in [-0.2, -0.15) is 5.10 Å². The van der Waals surface area contributed by atoms with Gasteiger partial charge in [-0.05, 0) is 32.3 Å². The minimum atomic E-state index is 0.323. The monoisotopic (exact) mass is 299 g/mol. The molecule has 5 nitrogen and oxygen atoms in total. The number of fused-ring (bicyclic) bond motifs is 2. The Hall–Kier alpha value is -2.01. The fourth-order valence-corrected chi connectivity index (χ4v) is 3.47. The van der Waals surface area contributed by atoms with E-state index in [0.717, 1.165) is 43.0 Å². The van der Waals surface area contributed by atoms with E-state index in [1.54, 1.807) is 0 Å². The smallest absolute Gasteiger partial charge is 0.231 e. The number of hydrogen-bond acceptors (Lipinski definition) is 4. The van der Waals surface area contributed by atoms with Crippen molar-refractivity contribution in [2.45, 2.75) is 45.3 Å². The molecule has 1 aliphatic heterocycles. The Morgan fingerprint density at radius 2 is 2.32 bits per heavy atom. The topological polar surface area (TPSA) is 48.3 Å². The Labute approximate surface area is 130 Å². The maximum Gasteiger partial charge on any atom is 0.231 e. The summed E-state index contributed by atoms with van der Waals surface area (Å²) in [5.41, 5.74) is 3.91. The zero-order valence-electron chi connectivity index (χ0n) is 12.8. The molecule has 1 N–H and O–H groups in total. The zero-order chi connectivity index (χ0) is 14.9. The summed E-state index contributed by atoms with van der Waals surface area (Å²) in [7, 11) is 0. The molecule has 2 aliphatic rings. The van der Waals surface area contributed by atoms with Gasteiger partial charge in [0, 0.05) is 36.0 Å². The van der Waals surface area contributed by atoms with Crippen LogP contribution in [0.3, 0.4) is 0 Å². The van der Waals surface area contributed by atoms with Gasteiger partial charge in [0.2, 0.25) is 6.79 Å². The van der Waals surface area contributed by atoms with Crippen LogP contribution in [0.25, 0.3) is 0 Å². The van der Waals surface area contributed by atoms with Gasteiger partial charge < -0.3 is 14.8 Å². The largest absolute Gasteiger partial charge is 0.454 e. The Morgan fingerprint density at radius 3 is 3.23 bits per heavy atom. The van der Waals surface area contributed by atoms with E-state index in [-0.39, 0.29) is 0 Å². The van der Waals surface area contributed by atoms with E-state index in [4.69, 9.17) is 9.47 Å². The SMILES string of the molecule is CCn1ncc2c1CCC[C@@H]2NCc1cccc2c1OCO2. The van der Waals surface area contributed by atoms with Crippen LogP contribution < -0.4 is 14.8 Å². The molecule has 1 atom stereocenters. The molecule has 0 saturated heterocycles. The highest BCUT2D eigenvalue weighted by Crippen LogP contribution is 2.36. The minimum absolute atomic E-state index is 0.323. The lowest BCUT2D eigenvalue weighted by molar-refractivity contribution is 0.173. The van der Waals surface area contributed by atoms with Crippen molar-refractivity contribution in [2.24, 2.45) is 0 Å². The Morgan fingerprint density at radius 1 is 1.36 bits per heavy atom. The van der Waals surface area contributed by atoms with Crippen LogP contribution in [0.5, 0.6) is 11.5 Å².